The first-order valence-corrected chi connectivity index (χ1v) is 20.9. The zero-order chi connectivity index (χ0) is 43.6. The average molecular weight is 820 g/mol. The summed E-state index contributed by atoms with van der Waals surface area (Å²) in [7, 11) is 0. The van der Waals surface area contributed by atoms with E-state index in [0.717, 1.165) is 0 Å². The van der Waals surface area contributed by atoms with Crippen molar-refractivity contribution in [2.24, 2.45) is 17.8 Å². The van der Waals surface area contributed by atoms with Crippen LogP contribution in [0.5, 0.6) is 5.75 Å². The van der Waals surface area contributed by atoms with Crippen molar-refractivity contribution in [3.05, 3.63) is 77.9 Å². The molecule has 1 aromatic rings. The van der Waals surface area contributed by atoms with Gasteiger partial charge in [0.1, 0.15) is 35.8 Å². The maximum Gasteiger partial charge on any atom is 0.325 e. The molecule has 1 saturated heterocycles. The molecule has 5 unspecified atom stereocenters. The maximum atomic E-state index is 14.3. The molecule has 324 valence electrons. The quantitative estimate of drug-likeness (QED) is 0.123. The van der Waals surface area contributed by atoms with E-state index in [0.29, 0.717) is 49.9 Å². The van der Waals surface area contributed by atoms with E-state index in [2.05, 4.69) is 16.1 Å². The van der Waals surface area contributed by atoms with Crippen molar-refractivity contribution >= 4 is 35.4 Å². The third-order valence-electron chi connectivity index (χ3n) is 10.8. The van der Waals surface area contributed by atoms with Gasteiger partial charge in [-0.1, -0.05) is 69.4 Å². The van der Waals surface area contributed by atoms with E-state index in [1.165, 1.54) is 30.1 Å². The van der Waals surface area contributed by atoms with Crippen LogP contribution in [0.1, 0.15) is 92.6 Å². The number of aliphatic hydroxyl groups is 1. The number of amides is 4. The highest BCUT2D eigenvalue weighted by atomic mass is 16.5. The Hall–Kier alpha value is -5.08. The maximum absolute atomic E-state index is 14.3. The van der Waals surface area contributed by atoms with Crippen molar-refractivity contribution in [3.63, 3.8) is 0 Å². The number of carbonyl (C=O) groups excluding carboxylic acids is 6. The lowest BCUT2D eigenvalue weighted by Crippen LogP contribution is -2.62. The Morgan fingerprint density at radius 2 is 1.71 bits per heavy atom. The van der Waals surface area contributed by atoms with Gasteiger partial charge in [-0.25, -0.2) is 5.43 Å². The standard InChI is InChI=1S/C45H65N5O9/c1-8-49(9-2)39(53)23-14-18-30(5)38-22-13-11-10-12-17-31(6)41(54)35(25-24-32(7)51)42(55)47-40(29(3)4)43(56)46-37(28-33-19-15-20-34(52)27-33)44(57)50-26-16-21-36(48-50)45(58)59-38/h10-15,18-20,23,27,29,31,35-38,40-41,48,52,54H,8-9,16-17,21-22,24-26,28H2,1-7H3,(H,46,56)(H,47,55)/b12-10+,13-11+,23-14+,30-18+/t31-,35?,36?,37?,38-,40?,41?/m0/s1. The summed E-state index contributed by atoms with van der Waals surface area (Å²) < 4.78 is 6.07. The van der Waals surface area contributed by atoms with Gasteiger partial charge in [-0.05, 0) is 88.5 Å². The molecule has 5 N–H and O–H groups in total. The summed E-state index contributed by atoms with van der Waals surface area (Å²) in [6.45, 7) is 13.7. The largest absolute Gasteiger partial charge is 0.508 e. The molecule has 14 heteroatoms. The molecular formula is C45H65N5O9. The molecule has 0 radical (unpaired) electrons. The Kier molecular flexibility index (Phi) is 19.7. The Bertz CT molecular complexity index is 1730. The first-order chi connectivity index (χ1) is 28.1. The van der Waals surface area contributed by atoms with Crippen LogP contribution in [0.3, 0.4) is 0 Å². The van der Waals surface area contributed by atoms with Crippen LogP contribution in [0.25, 0.3) is 0 Å². The highest BCUT2D eigenvalue weighted by molar-refractivity contribution is 5.93. The molecule has 1 fully saturated rings. The fourth-order valence-corrected chi connectivity index (χ4v) is 7.06. The minimum absolute atomic E-state index is 0.0152. The normalized spacial score (nSPS) is 26.9. The molecule has 0 spiro atoms. The van der Waals surface area contributed by atoms with Gasteiger partial charge in [-0.2, -0.15) is 0 Å². The SMILES string of the molecule is CCN(CC)C(=O)/C=C/C=C(\C)[C@@H]1C/C=C/C=C/C[C@H](C)C(O)C(CCC(C)=O)C(=O)NC(C(C)C)C(=O)NC(Cc2cccc(O)c2)C(=O)N2CCCC(N2)C(=O)O1. The molecule has 2 aliphatic heterocycles. The predicted molar refractivity (Wildman–Crippen MR) is 225 cm³/mol. The molecule has 0 aliphatic carbocycles. The van der Waals surface area contributed by atoms with Gasteiger partial charge in [0.05, 0.1) is 12.0 Å². The molecule has 0 saturated carbocycles. The van der Waals surface area contributed by atoms with Crippen molar-refractivity contribution in [1.29, 1.82) is 0 Å². The molecule has 14 nitrogen and oxygen atoms in total. The first-order valence-electron chi connectivity index (χ1n) is 20.9. The van der Waals surface area contributed by atoms with Gasteiger partial charge in [-0.15, -0.1) is 0 Å². The second-order valence-corrected chi connectivity index (χ2v) is 15.8. The van der Waals surface area contributed by atoms with Crippen molar-refractivity contribution in [2.45, 2.75) is 124 Å². The number of esters is 1. The van der Waals surface area contributed by atoms with Crippen LogP contribution in [0, 0.1) is 17.8 Å². The van der Waals surface area contributed by atoms with E-state index in [9.17, 15) is 39.0 Å². The molecule has 7 atom stereocenters. The van der Waals surface area contributed by atoms with Gasteiger partial charge in [0, 0.05) is 45.0 Å². The first kappa shape index (κ1) is 48.3. The Morgan fingerprint density at radius 3 is 2.36 bits per heavy atom. The van der Waals surface area contributed by atoms with E-state index in [1.807, 2.05) is 32.9 Å². The number of allylic oxidation sites excluding steroid dienone is 5. The van der Waals surface area contributed by atoms with Gasteiger partial charge in [0.2, 0.25) is 17.7 Å². The van der Waals surface area contributed by atoms with Crippen molar-refractivity contribution in [3.8, 4) is 5.75 Å². The summed E-state index contributed by atoms with van der Waals surface area (Å²) in [5, 5.41) is 28.6. The predicted octanol–water partition coefficient (Wildman–Crippen LogP) is 4.23. The van der Waals surface area contributed by atoms with E-state index < -0.39 is 71.8 Å². The molecule has 3 rings (SSSR count). The van der Waals surface area contributed by atoms with Crippen LogP contribution in [0.15, 0.2) is 72.4 Å². The number of hydrogen-bond donors (Lipinski definition) is 5. The Labute approximate surface area is 349 Å². The zero-order valence-corrected chi connectivity index (χ0v) is 35.7. The van der Waals surface area contributed by atoms with Crippen LogP contribution in [0.4, 0.5) is 0 Å². The molecule has 2 heterocycles. The lowest BCUT2D eigenvalue weighted by molar-refractivity contribution is -0.156. The van der Waals surface area contributed by atoms with E-state index in [-0.39, 0.29) is 43.2 Å². The summed E-state index contributed by atoms with van der Waals surface area (Å²) in [5.74, 6) is -4.46. The van der Waals surface area contributed by atoms with Crippen molar-refractivity contribution in [1.82, 2.24) is 26.0 Å². The zero-order valence-electron chi connectivity index (χ0n) is 35.7. The number of Topliss-reactive ketones (excluding diaryl/α,β-unsaturated/α-hetero) is 1. The van der Waals surface area contributed by atoms with Crippen molar-refractivity contribution < 1.29 is 43.7 Å². The minimum atomic E-state index is -1.18. The van der Waals surface area contributed by atoms with Crippen molar-refractivity contribution in [2.75, 3.05) is 19.6 Å². The van der Waals surface area contributed by atoms with Crippen LogP contribution in [0.2, 0.25) is 0 Å². The number of cyclic esters (lactones) is 1. The smallest absolute Gasteiger partial charge is 0.325 e. The number of carbonyl (C=O) groups is 6. The summed E-state index contributed by atoms with van der Waals surface area (Å²) in [4.78, 5) is 82.4. The number of hydrazine groups is 1. The number of benzene rings is 1. The third-order valence-corrected chi connectivity index (χ3v) is 10.8. The fraction of sp³-hybridized carbons (Fsp3) is 0.556. The fourth-order valence-electron chi connectivity index (χ4n) is 7.06. The summed E-state index contributed by atoms with van der Waals surface area (Å²) in [6.07, 6.45) is 12.0. The van der Waals surface area contributed by atoms with E-state index in [1.54, 1.807) is 62.1 Å². The van der Waals surface area contributed by atoms with Gasteiger partial charge in [0.15, 0.2) is 0 Å². The number of aliphatic hydroxyl groups excluding tert-OH is 1. The number of hydrogen-bond acceptors (Lipinski definition) is 10. The third kappa shape index (κ3) is 15.2. The Balaban J connectivity index is 2.04. The number of rotatable bonds is 11. The van der Waals surface area contributed by atoms with E-state index in [4.69, 9.17) is 4.74 Å². The van der Waals surface area contributed by atoms with Crippen LogP contribution in [-0.2, 0) is 39.9 Å². The number of phenols is 1. The number of phenolic OH excluding ortho intramolecular Hbond substituents is 1. The van der Waals surface area contributed by atoms with Crippen LogP contribution < -0.4 is 16.1 Å². The summed E-state index contributed by atoms with van der Waals surface area (Å²) >= 11 is 0. The van der Waals surface area contributed by atoms with Gasteiger partial charge in [0.25, 0.3) is 5.91 Å². The second-order valence-electron chi connectivity index (χ2n) is 15.8. The molecule has 4 amide bonds. The van der Waals surface area contributed by atoms with Gasteiger partial charge >= 0.3 is 5.97 Å². The monoisotopic (exact) mass is 819 g/mol. The molecule has 0 aromatic heterocycles. The lowest BCUT2D eigenvalue weighted by Gasteiger charge is -2.36. The number of likely N-dealkylation sites (N-methyl/N-ethyl adjacent to an activating group) is 1. The van der Waals surface area contributed by atoms with Gasteiger partial charge in [-0.3, -0.25) is 29.0 Å². The highest BCUT2D eigenvalue weighted by Crippen LogP contribution is 2.24. The number of nitrogens with zero attached hydrogens (tertiary/aromatic N) is 2. The van der Waals surface area contributed by atoms with Gasteiger partial charge < -0.3 is 35.3 Å². The molecule has 59 heavy (non-hydrogen) atoms. The van der Waals surface area contributed by atoms with E-state index >= 15 is 0 Å². The number of aromatic hydroxyl groups is 1. The van der Waals surface area contributed by atoms with Crippen LogP contribution >= 0.6 is 0 Å². The number of ketones is 1. The molecule has 2 bridgehead atoms. The molecule has 1 aromatic carbocycles. The highest BCUT2D eigenvalue weighted by Gasteiger charge is 2.38. The summed E-state index contributed by atoms with van der Waals surface area (Å²) in [6, 6.07) is 3.14. The number of fused-ring (bicyclic) bond motifs is 2. The number of ether oxygens (including phenoxy) is 1. The topological polar surface area (TPSA) is 195 Å². The lowest BCUT2D eigenvalue weighted by atomic mass is 9.85. The Morgan fingerprint density at radius 1 is 1.02 bits per heavy atom. The minimum Gasteiger partial charge on any atom is -0.508 e. The average Bonchev–Trinajstić information content (AvgIpc) is 3.19. The second kappa shape index (κ2) is 24.1. The number of nitrogens with one attached hydrogen (secondary N) is 3. The molecule has 2 aliphatic rings. The molecular weight excluding hydrogens is 755 g/mol. The summed E-state index contributed by atoms with van der Waals surface area (Å²) in [5.41, 5.74) is 4.27. The van der Waals surface area contributed by atoms with Crippen LogP contribution in [-0.4, -0.2) is 105 Å².